The van der Waals surface area contributed by atoms with Crippen molar-refractivity contribution in [2.24, 2.45) is 35.3 Å². The smallest absolute Gasteiger partial charge is 0.374 e. The number of nitrogens with two attached hydrogens (primary N) is 1. The van der Waals surface area contributed by atoms with Crippen molar-refractivity contribution in [3.8, 4) is 24.3 Å². The van der Waals surface area contributed by atoms with Gasteiger partial charge in [0.15, 0.2) is 10.9 Å². The molecule has 23 nitrogen and oxygen atoms in total. The molecular weight excluding hydrogens is 1730 g/mol. The number of carbonyl (C=O) groups excluding carboxylic acids is 4. The third-order valence-corrected chi connectivity index (χ3v) is 19.7. The summed E-state index contributed by atoms with van der Waals surface area (Å²) >= 11 is 25.9. The van der Waals surface area contributed by atoms with Crippen LogP contribution in [0.4, 0.5) is 4.39 Å². The number of halogens is 6. The molecule has 2 aromatic heterocycles. The Kier molecular flexibility index (Phi) is 53.9. The highest BCUT2D eigenvalue weighted by atomic mass is 79.9. The number of hydroxylamine groups is 2. The molecule has 0 spiro atoms. The number of carbonyl (C=O) groups is 4. The minimum absolute atomic E-state index is 0. The minimum Gasteiger partial charge on any atom is -0.459 e. The number of amides is 1. The summed E-state index contributed by atoms with van der Waals surface area (Å²) in [6.07, 6.45) is 1.68. The molecule has 0 aliphatic heterocycles. The Morgan fingerprint density at radius 3 is 1.24 bits per heavy atom. The molecule has 10 N–H and O–H groups in total. The van der Waals surface area contributed by atoms with E-state index in [9.17, 15) is 48.5 Å². The van der Waals surface area contributed by atoms with Gasteiger partial charge in [0, 0.05) is 70.0 Å². The fraction of sp³-hybridized carbons (Fsp3) is 0.385. The van der Waals surface area contributed by atoms with Crippen LogP contribution in [0.25, 0.3) is 21.9 Å². The van der Waals surface area contributed by atoms with Gasteiger partial charge < -0.3 is 55.6 Å². The summed E-state index contributed by atoms with van der Waals surface area (Å²) in [6.45, 7) is 27.5. The first-order valence-electron chi connectivity index (χ1n) is 39.0. The van der Waals surface area contributed by atoms with Crippen molar-refractivity contribution >= 4 is 135 Å². The monoisotopic (exact) mass is 1840 g/mol. The number of nitrogens with zero attached hydrogens (tertiary/aromatic N) is 5. The van der Waals surface area contributed by atoms with Crippen LogP contribution >= 0.6 is 62.3 Å². The van der Waals surface area contributed by atoms with Crippen molar-refractivity contribution in [3.63, 3.8) is 0 Å². The van der Waals surface area contributed by atoms with Crippen molar-refractivity contribution in [1.29, 1.82) is 21.0 Å². The molecule has 0 aliphatic rings. The Labute approximate surface area is 760 Å². The minimum atomic E-state index is -0.820. The van der Waals surface area contributed by atoms with Gasteiger partial charge in [-0.25, -0.2) is 9.45 Å². The summed E-state index contributed by atoms with van der Waals surface area (Å²) < 4.78 is 24.9. The van der Waals surface area contributed by atoms with Crippen LogP contribution < -0.4 is 37.5 Å². The van der Waals surface area contributed by atoms with Gasteiger partial charge in [-0.05, 0) is 195 Å². The van der Waals surface area contributed by atoms with Gasteiger partial charge in [-0.2, -0.15) is 21.0 Å². The number of nitrogens with one attached hydrogen (secondary N) is 4. The lowest BCUT2D eigenvalue weighted by Gasteiger charge is -2.25. The first kappa shape index (κ1) is 115. The Bertz CT molecular complexity index is 5210. The van der Waals surface area contributed by atoms with Crippen molar-refractivity contribution in [1.82, 2.24) is 26.0 Å². The third-order valence-electron chi connectivity index (χ3n) is 18.2. The number of ketones is 2. The molecule has 9 rings (SSSR count). The van der Waals surface area contributed by atoms with Gasteiger partial charge in [-0.15, -0.1) is 0 Å². The number of aryl methyl sites for hydroxylation is 1. The molecule has 0 unspecified atom stereocenters. The van der Waals surface area contributed by atoms with Crippen molar-refractivity contribution in [3.05, 3.63) is 266 Å². The zero-order chi connectivity index (χ0) is 91.2. The molecule has 0 saturated carbocycles. The van der Waals surface area contributed by atoms with E-state index in [1.165, 1.54) is 26.2 Å². The first-order valence-corrected chi connectivity index (χ1v) is 41.6. The number of rotatable bonds is 28. The Morgan fingerprint density at radius 2 is 0.887 bits per heavy atom. The normalized spacial score (nSPS) is 11.6. The van der Waals surface area contributed by atoms with Gasteiger partial charge in [0.1, 0.15) is 40.1 Å². The number of alkyl halides is 1. The van der Waals surface area contributed by atoms with E-state index >= 15 is 0 Å². The lowest BCUT2D eigenvalue weighted by atomic mass is 9.83. The van der Waals surface area contributed by atoms with E-state index in [1.807, 2.05) is 112 Å². The van der Waals surface area contributed by atoms with E-state index in [0.717, 1.165) is 44.3 Å². The predicted molar refractivity (Wildman–Crippen MR) is 507 cm³/mol. The van der Waals surface area contributed by atoms with Gasteiger partial charge in [0.25, 0.3) is 11.1 Å². The van der Waals surface area contributed by atoms with Gasteiger partial charge in [-0.1, -0.05) is 191 Å². The number of nitriles is 4. The van der Waals surface area contributed by atoms with Crippen molar-refractivity contribution in [2.45, 2.75) is 187 Å². The Morgan fingerprint density at radius 1 is 0.524 bits per heavy atom. The first-order chi connectivity index (χ1) is 56.9. The summed E-state index contributed by atoms with van der Waals surface area (Å²) in [5.74, 6) is 0.808. The van der Waals surface area contributed by atoms with E-state index in [2.05, 4.69) is 61.1 Å². The average molecular weight is 1840 g/mol. The standard InChI is InChI=1S/C22H22BClN2O3.C21H19ClN2O2.C15H21BN2O2.C8H19BN2O3.C8H6BrN.C7H16BNO2.C7H3Cl2FO.3CH4/c1-13(2)20(26-23(3)28)22-18(10-14-5-4-6-15(9-14)12-25)21(27)17-8-7-16(24)11-19(17)29-22;1-12(2)19(24)21-17(9-13-4-3-5-14(8-13)11-23)20(25)16-7-6-15(22)10-18(16)26-21;1-11(2)15(18-16(3)20)14(19)8-7-12-5-4-6-13(9-12)10-17;1-6(2)7(10-9(3)13)8(12)11(4)14-5;9-5-7-2-1-3-8(4-7)6-10;1-5(2)7(6(3)10)9-8(4)11;8-4-1-2-5(7(9)11)6(10)3-4;;;/h4-9,11,13,20,26,28H,10H2,1-3H3;3-8,10,12,19H,9,24H2,1-2H3;4-6,9,11,15,18,20H,7-8H2,1-3H3;6-7,10,13H,1-5H3;1-4H,5H2;5,7,9,11H,1-4H3;1-3H;3*1H4/t20-;19-;15-;7-;;7-;;;;/m1111.1..../s1. The molecule has 124 heavy (non-hydrogen) atoms. The van der Waals surface area contributed by atoms with E-state index in [1.54, 1.807) is 125 Å². The zero-order valence-corrected chi connectivity index (χ0v) is 75.7. The second-order valence-electron chi connectivity index (χ2n) is 30.1. The molecular formula is C91H118B4BrCl4FN10O13. The van der Waals surface area contributed by atoms with Crippen LogP contribution in [0, 0.1) is 80.7 Å². The molecule has 9 aromatic rings. The molecule has 0 radical (unpaired) electrons. The highest BCUT2D eigenvalue weighted by Crippen LogP contribution is 2.32. The third kappa shape index (κ3) is 38.7. The maximum absolute atomic E-state index is 13.4. The fourth-order valence-electron chi connectivity index (χ4n) is 12.0. The van der Waals surface area contributed by atoms with Gasteiger partial charge in [-0.3, -0.25) is 33.6 Å². The SMILES string of the molecule is C.C.C.CB(O)N[C@@H](C(=O)CCc1cccc(C#N)c1)C(C)C.CB(O)N[C@@H](C(C)=O)C(C)C.CB(O)N[C@@H](c1oc2cc(Cl)ccc2c(=O)c1Cc1cccc(C#N)c1)C(C)C.CC(C)[C@@H](N)c1oc2cc(Cl)ccc2c(=O)c1Cc1cccc(C#N)c1.CON(C)C(=O)[C@H](NB(C)O)C(C)C.N#Cc1cccc(CBr)c1.O=C(Cl)c1ccc(Cl)cc1F. The highest BCUT2D eigenvalue weighted by molar-refractivity contribution is 9.08. The van der Waals surface area contributed by atoms with Gasteiger partial charge in [0.05, 0.1) is 100 Å². The van der Waals surface area contributed by atoms with Gasteiger partial charge in [0.2, 0.25) is 0 Å². The summed E-state index contributed by atoms with van der Waals surface area (Å²) in [6, 6.07) is 49.4. The highest BCUT2D eigenvalue weighted by Gasteiger charge is 2.31. The van der Waals surface area contributed by atoms with E-state index < -0.39 is 51.3 Å². The molecule has 664 valence electrons. The molecule has 33 heteroatoms. The number of benzene rings is 7. The van der Waals surface area contributed by atoms with E-state index in [-0.39, 0.29) is 109 Å². The number of Topliss-reactive ketones (excluding diaryl/α,β-unsaturated/α-hetero) is 2. The Hall–Kier alpha value is -9.17. The average Bonchev–Trinajstić information content (AvgIpc) is 0.773. The van der Waals surface area contributed by atoms with Crippen molar-refractivity contribution < 1.29 is 57.3 Å². The lowest BCUT2D eigenvalue weighted by Crippen LogP contribution is -2.52. The molecule has 2 heterocycles. The summed E-state index contributed by atoms with van der Waals surface area (Å²) in [5.41, 5.74) is 14.0. The van der Waals surface area contributed by atoms with Crippen LogP contribution in [0.3, 0.4) is 0 Å². The van der Waals surface area contributed by atoms with Crippen LogP contribution in [-0.4, -0.2) is 108 Å². The summed E-state index contributed by atoms with van der Waals surface area (Å²) in [4.78, 5) is 76.6. The maximum atomic E-state index is 13.4. The molecule has 0 aliphatic carbocycles. The molecule has 0 saturated heterocycles. The van der Waals surface area contributed by atoms with Crippen molar-refractivity contribution in [2.75, 3.05) is 14.2 Å². The molecule has 0 bridgehead atoms. The molecule has 0 fully saturated rings. The number of hydrogen-bond acceptors (Lipinski definition) is 22. The zero-order valence-electron chi connectivity index (χ0n) is 71.1. The largest absolute Gasteiger partial charge is 0.459 e. The topological polar surface area (TPSA) is 391 Å². The molecule has 7 aromatic carbocycles. The van der Waals surface area contributed by atoms with Crippen LogP contribution in [0.1, 0.15) is 194 Å². The number of likely N-dealkylation sites (N-methyl/N-ethyl adjacent to an activating group) is 1. The van der Waals surface area contributed by atoms with Crippen LogP contribution in [0.2, 0.25) is 42.4 Å². The van der Waals surface area contributed by atoms with Crippen LogP contribution in [0.5, 0.6) is 0 Å². The van der Waals surface area contributed by atoms with Crippen LogP contribution in [0.15, 0.2) is 170 Å². The van der Waals surface area contributed by atoms with Gasteiger partial charge >= 0.3 is 28.2 Å². The Balaban J connectivity index is 0.00000147. The molecule has 1 amide bonds. The summed E-state index contributed by atoms with van der Waals surface area (Å²) in [5, 5.41) is 87.9. The predicted octanol–water partition coefficient (Wildman–Crippen LogP) is 17.9. The van der Waals surface area contributed by atoms with E-state index in [0.29, 0.717) is 97.0 Å². The van der Waals surface area contributed by atoms with E-state index in [4.69, 9.17) is 91.6 Å². The molecule has 5 atom stereocenters. The maximum Gasteiger partial charge on any atom is 0.374 e. The summed E-state index contributed by atoms with van der Waals surface area (Å²) in [7, 11) is 0.160. The van der Waals surface area contributed by atoms with Crippen LogP contribution in [-0.2, 0) is 43.8 Å². The quantitative estimate of drug-likeness (QED) is 0.00951. The lowest BCUT2D eigenvalue weighted by molar-refractivity contribution is -0.171. The fourth-order valence-corrected chi connectivity index (χ4v) is 13.0. The number of fused-ring (bicyclic) bond motifs is 2. The second-order valence-corrected chi connectivity index (χ2v) is 32.3. The number of hydrogen-bond donors (Lipinski definition) is 9. The second kappa shape index (κ2) is 58.2.